The molecule has 6 nitrogen and oxygen atoms in total. The van der Waals surface area contributed by atoms with Gasteiger partial charge in [-0.05, 0) is 54.3 Å². The van der Waals surface area contributed by atoms with E-state index in [1.165, 1.54) is 17.2 Å². The third-order valence-electron chi connectivity index (χ3n) is 6.88. The molecule has 38 heavy (non-hydrogen) atoms. The van der Waals surface area contributed by atoms with E-state index in [0.717, 1.165) is 12.0 Å². The van der Waals surface area contributed by atoms with Crippen molar-refractivity contribution in [2.45, 2.75) is 30.8 Å². The summed E-state index contributed by atoms with van der Waals surface area (Å²) in [5, 5.41) is 7.08. The van der Waals surface area contributed by atoms with Crippen LogP contribution >= 0.6 is 11.6 Å². The molecular formula is C31H35ClN4O2. The first-order valence-corrected chi connectivity index (χ1v) is 13.5. The molecule has 1 aliphatic rings. The molecule has 1 aliphatic heterocycles. The minimum Gasteiger partial charge on any atom is -0.351 e. The molecule has 2 atom stereocenters. The van der Waals surface area contributed by atoms with Crippen molar-refractivity contribution in [3.05, 3.63) is 113 Å². The number of amides is 2. The van der Waals surface area contributed by atoms with Crippen LogP contribution < -0.4 is 16.4 Å². The van der Waals surface area contributed by atoms with Crippen LogP contribution in [0.3, 0.4) is 0 Å². The van der Waals surface area contributed by atoms with Gasteiger partial charge in [-0.15, -0.1) is 0 Å². The van der Waals surface area contributed by atoms with E-state index >= 15 is 0 Å². The van der Waals surface area contributed by atoms with E-state index in [-0.39, 0.29) is 29.8 Å². The molecule has 3 aromatic rings. The van der Waals surface area contributed by atoms with Crippen molar-refractivity contribution in [1.29, 1.82) is 0 Å². The number of nitrogens with two attached hydrogens (primary N) is 1. The van der Waals surface area contributed by atoms with Gasteiger partial charge >= 0.3 is 0 Å². The van der Waals surface area contributed by atoms with Gasteiger partial charge in [0.05, 0.1) is 6.04 Å². The van der Waals surface area contributed by atoms with Crippen LogP contribution in [0.15, 0.2) is 91.0 Å². The molecule has 0 aliphatic carbocycles. The van der Waals surface area contributed by atoms with E-state index in [9.17, 15) is 9.59 Å². The molecule has 0 aromatic heterocycles. The number of carbonyl (C=O) groups is 2. The lowest BCUT2D eigenvalue weighted by Crippen LogP contribution is -2.49. The highest BCUT2D eigenvalue weighted by molar-refractivity contribution is 6.30. The first-order valence-electron chi connectivity index (χ1n) is 13.1. The van der Waals surface area contributed by atoms with Crippen molar-refractivity contribution in [1.82, 2.24) is 15.5 Å². The van der Waals surface area contributed by atoms with E-state index < -0.39 is 0 Å². The van der Waals surface area contributed by atoms with Crippen LogP contribution in [-0.4, -0.2) is 55.0 Å². The summed E-state index contributed by atoms with van der Waals surface area (Å²) in [7, 11) is 0. The molecule has 0 radical (unpaired) electrons. The van der Waals surface area contributed by atoms with E-state index in [0.29, 0.717) is 37.6 Å². The summed E-state index contributed by atoms with van der Waals surface area (Å²) < 4.78 is 0. The fourth-order valence-corrected chi connectivity index (χ4v) is 4.95. The van der Waals surface area contributed by atoms with Gasteiger partial charge in [-0.3, -0.25) is 9.59 Å². The molecule has 198 valence electrons. The predicted molar refractivity (Wildman–Crippen MR) is 154 cm³/mol. The molecule has 7 heteroatoms. The molecule has 4 N–H and O–H groups in total. The third kappa shape index (κ3) is 7.78. The first-order chi connectivity index (χ1) is 18.5. The summed E-state index contributed by atoms with van der Waals surface area (Å²) >= 11 is 5.92. The Morgan fingerprint density at radius 1 is 1.03 bits per heavy atom. The van der Waals surface area contributed by atoms with Gasteiger partial charge in [-0.25, -0.2) is 0 Å². The van der Waals surface area contributed by atoms with E-state index in [2.05, 4.69) is 34.9 Å². The number of hydrogen-bond donors (Lipinski definition) is 3. The number of rotatable bonds is 10. The highest BCUT2D eigenvalue weighted by Gasteiger charge is 2.32. The Hall–Kier alpha value is -3.45. The molecule has 0 unspecified atom stereocenters. The van der Waals surface area contributed by atoms with Gasteiger partial charge in [-0.1, -0.05) is 84.4 Å². The quantitative estimate of drug-likeness (QED) is 0.343. The third-order valence-corrected chi connectivity index (χ3v) is 7.13. The Labute approximate surface area is 229 Å². The maximum atomic E-state index is 13.6. The Morgan fingerprint density at radius 2 is 1.66 bits per heavy atom. The largest absolute Gasteiger partial charge is 0.351 e. The van der Waals surface area contributed by atoms with Crippen molar-refractivity contribution < 1.29 is 9.59 Å². The topological polar surface area (TPSA) is 87.5 Å². The van der Waals surface area contributed by atoms with Gasteiger partial charge in [0.25, 0.3) is 0 Å². The maximum Gasteiger partial charge on any atom is 0.244 e. The number of halogens is 1. The summed E-state index contributed by atoms with van der Waals surface area (Å²) in [5.74, 6) is -0.0596. The molecule has 4 rings (SSSR count). The molecule has 3 aromatic carbocycles. The van der Waals surface area contributed by atoms with Crippen LogP contribution in [0.5, 0.6) is 0 Å². The fourth-order valence-electron chi connectivity index (χ4n) is 4.82. The highest BCUT2D eigenvalue weighted by Crippen LogP contribution is 2.27. The number of hydrogen-bond acceptors (Lipinski definition) is 4. The van der Waals surface area contributed by atoms with Crippen LogP contribution in [0, 0.1) is 0 Å². The summed E-state index contributed by atoms with van der Waals surface area (Å²) in [5.41, 5.74) is 9.12. The average molecular weight is 531 g/mol. The van der Waals surface area contributed by atoms with E-state index in [1.807, 2.05) is 53.4 Å². The van der Waals surface area contributed by atoms with Crippen LogP contribution in [0.25, 0.3) is 6.08 Å². The van der Waals surface area contributed by atoms with Crippen molar-refractivity contribution in [2.75, 3.05) is 26.2 Å². The zero-order valence-electron chi connectivity index (χ0n) is 21.4. The van der Waals surface area contributed by atoms with Crippen molar-refractivity contribution >= 4 is 29.5 Å². The average Bonchev–Trinajstić information content (AvgIpc) is 3.09. The van der Waals surface area contributed by atoms with Crippen LogP contribution in [-0.2, 0) is 9.59 Å². The molecule has 1 fully saturated rings. The first kappa shape index (κ1) is 27.6. The standard InChI is InChI=1S/C31H35ClN4O2/c32-26-14-11-23(12-15-26)13-16-30(37)34-21-27-18-20-36(31(38)29(35-27)17-19-33)22-28(24-7-3-1-4-8-24)25-9-5-2-6-10-25/h1-16,27-29,35H,17-22,33H2,(H,34,37)/t27-,29-/m0/s1. The number of nitrogens with one attached hydrogen (secondary N) is 2. The zero-order valence-corrected chi connectivity index (χ0v) is 22.2. The normalized spacial score (nSPS) is 18.1. The monoisotopic (exact) mass is 530 g/mol. The molecule has 0 bridgehead atoms. The summed E-state index contributed by atoms with van der Waals surface area (Å²) in [6, 6.07) is 27.5. The lowest BCUT2D eigenvalue weighted by molar-refractivity contribution is -0.133. The summed E-state index contributed by atoms with van der Waals surface area (Å²) in [6.45, 7) is 2.01. The molecule has 2 amide bonds. The van der Waals surface area contributed by atoms with Crippen LogP contribution in [0.4, 0.5) is 0 Å². The van der Waals surface area contributed by atoms with Gasteiger partial charge in [0.2, 0.25) is 11.8 Å². The number of carbonyl (C=O) groups excluding carboxylic acids is 2. The lowest BCUT2D eigenvalue weighted by Gasteiger charge is -2.29. The minimum absolute atomic E-state index is 0.0414. The second kappa shape index (κ2) is 13.9. The van der Waals surface area contributed by atoms with Crippen molar-refractivity contribution in [3.8, 4) is 0 Å². The molecular weight excluding hydrogens is 496 g/mol. The van der Waals surface area contributed by atoms with Gasteiger partial charge in [0.1, 0.15) is 0 Å². The van der Waals surface area contributed by atoms with Gasteiger partial charge < -0.3 is 21.3 Å². The predicted octanol–water partition coefficient (Wildman–Crippen LogP) is 4.21. The number of benzene rings is 3. The highest BCUT2D eigenvalue weighted by atomic mass is 35.5. The SMILES string of the molecule is NCC[C@@H]1N[C@H](CNC(=O)C=Cc2ccc(Cl)cc2)CCN(CC(c2ccccc2)c2ccccc2)C1=O. The summed E-state index contributed by atoms with van der Waals surface area (Å²) in [4.78, 5) is 28.0. The smallest absolute Gasteiger partial charge is 0.244 e. The lowest BCUT2D eigenvalue weighted by atomic mass is 9.90. The van der Waals surface area contributed by atoms with Crippen LogP contribution in [0.1, 0.15) is 35.4 Å². The summed E-state index contributed by atoms with van der Waals surface area (Å²) in [6.07, 6.45) is 4.53. The maximum absolute atomic E-state index is 13.6. The Balaban J connectivity index is 1.42. The molecule has 1 heterocycles. The van der Waals surface area contributed by atoms with Crippen molar-refractivity contribution in [2.24, 2.45) is 5.73 Å². The van der Waals surface area contributed by atoms with Gasteiger partial charge in [0, 0.05) is 42.7 Å². The Morgan fingerprint density at radius 3 is 2.26 bits per heavy atom. The number of nitrogens with zero attached hydrogens (tertiary/aromatic N) is 1. The fraction of sp³-hybridized carbons (Fsp3) is 0.290. The zero-order chi connectivity index (χ0) is 26.7. The van der Waals surface area contributed by atoms with Crippen molar-refractivity contribution in [3.63, 3.8) is 0 Å². The molecule has 1 saturated heterocycles. The van der Waals surface area contributed by atoms with E-state index in [4.69, 9.17) is 17.3 Å². The second-order valence-corrected chi connectivity index (χ2v) is 10.0. The molecule has 0 saturated carbocycles. The second-order valence-electron chi connectivity index (χ2n) is 9.57. The Bertz CT molecular complexity index is 1160. The van der Waals surface area contributed by atoms with Gasteiger partial charge in [-0.2, -0.15) is 0 Å². The molecule has 0 spiro atoms. The van der Waals surface area contributed by atoms with Gasteiger partial charge in [0.15, 0.2) is 0 Å². The Kier molecular flexibility index (Phi) is 10.1. The minimum atomic E-state index is -0.388. The van der Waals surface area contributed by atoms with E-state index in [1.54, 1.807) is 18.2 Å². The van der Waals surface area contributed by atoms with Crippen LogP contribution in [0.2, 0.25) is 5.02 Å².